The van der Waals surface area contributed by atoms with Gasteiger partial charge in [-0.25, -0.2) is 0 Å². The van der Waals surface area contributed by atoms with Gasteiger partial charge in [0.1, 0.15) is 19.0 Å². The number of hydrogen-bond acceptors (Lipinski definition) is 5. The number of nitrogens with one attached hydrogen (secondary N) is 1. The van der Waals surface area contributed by atoms with Crippen molar-refractivity contribution < 1.29 is 19.0 Å². The molecule has 0 fully saturated rings. The molecule has 1 amide bonds. The predicted molar refractivity (Wildman–Crippen MR) is 100.0 cm³/mol. The summed E-state index contributed by atoms with van der Waals surface area (Å²) >= 11 is 0. The minimum Gasteiger partial charge on any atom is -0.497 e. The molecule has 0 saturated heterocycles. The highest BCUT2D eigenvalue weighted by Crippen LogP contribution is 2.31. The molecule has 6 nitrogen and oxygen atoms in total. The monoisotopic (exact) mass is 356 g/mol. The number of methoxy groups -OCH3 is 1. The number of hydrogen-bond donors (Lipinski definition) is 1. The van der Waals surface area contributed by atoms with Crippen molar-refractivity contribution in [3.05, 3.63) is 48.0 Å². The van der Waals surface area contributed by atoms with Crippen LogP contribution in [0.4, 0.5) is 5.69 Å². The molecule has 2 aromatic carbocycles. The summed E-state index contributed by atoms with van der Waals surface area (Å²) in [5, 5.41) is 2.93. The Morgan fingerprint density at radius 3 is 2.73 bits per heavy atom. The van der Waals surface area contributed by atoms with Crippen molar-refractivity contribution in [3.8, 4) is 17.2 Å². The Morgan fingerprint density at radius 1 is 1.19 bits per heavy atom. The van der Waals surface area contributed by atoms with E-state index in [0.29, 0.717) is 31.2 Å². The van der Waals surface area contributed by atoms with Crippen molar-refractivity contribution in [2.24, 2.45) is 0 Å². The average molecular weight is 356 g/mol. The highest BCUT2D eigenvalue weighted by Gasteiger charge is 2.19. The third-order valence-electron chi connectivity index (χ3n) is 4.42. The first kappa shape index (κ1) is 18.1. The maximum Gasteiger partial charge on any atom is 0.241 e. The van der Waals surface area contributed by atoms with Gasteiger partial charge in [0, 0.05) is 18.3 Å². The van der Waals surface area contributed by atoms with Gasteiger partial charge in [0.25, 0.3) is 0 Å². The number of carbonyl (C=O) groups is 1. The number of benzene rings is 2. The molecule has 1 atom stereocenters. The van der Waals surface area contributed by atoms with E-state index in [4.69, 9.17) is 14.2 Å². The lowest BCUT2D eigenvalue weighted by Crippen LogP contribution is -2.39. The Kier molecular flexibility index (Phi) is 5.63. The maximum absolute atomic E-state index is 12.5. The number of likely N-dealkylation sites (N-methyl/N-ethyl adjacent to an activating group) is 1. The number of ether oxygens (including phenoxy) is 3. The normalized spacial score (nSPS) is 14.0. The van der Waals surface area contributed by atoms with Gasteiger partial charge in [-0.2, -0.15) is 0 Å². The lowest BCUT2D eigenvalue weighted by Gasteiger charge is -2.25. The van der Waals surface area contributed by atoms with E-state index >= 15 is 0 Å². The SMILES string of the molecule is COc1cccc(NC(=O)C(C)N(C)Cc2ccc3c(c2)OCCO3)c1. The van der Waals surface area contributed by atoms with Crippen LogP contribution in [0.2, 0.25) is 0 Å². The van der Waals surface area contributed by atoms with Crippen LogP contribution in [0.25, 0.3) is 0 Å². The first-order chi connectivity index (χ1) is 12.6. The fourth-order valence-electron chi connectivity index (χ4n) is 2.76. The van der Waals surface area contributed by atoms with Crippen molar-refractivity contribution in [2.45, 2.75) is 19.5 Å². The van der Waals surface area contributed by atoms with Gasteiger partial charge in [-0.15, -0.1) is 0 Å². The molecule has 0 aromatic heterocycles. The summed E-state index contributed by atoms with van der Waals surface area (Å²) in [6.45, 7) is 3.65. The van der Waals surface area contributed by atoms with E-state index in [1.165, 1.54) is 0 Å². The average Bonchev–Trinajstić information content (AvgIpc) is 2.67. The van der Waals surface area contributed by atoms with Gasteiger partial charge in [-0.3, -0.25) is 9.69 Å². The number of fused-ring (bicyclic) bond motifs is 1. The lowest BCUT2D eigenvalue weighted by molar-refractivity contribution is -0.120. The molecule has 0 aliphatic carbocycles. The topological polar surface area (TPSA) is 60.0 Å². The van der Waals surface area contributed by atoms with E-state index in [1.54, 1.807) is 13.2 Å². The first-order valence-corrected chi connectivity index (χ1v) is 8.60. The standard InChI is InChI=1S/C20H24N2O4/c1-14(20(23)21-16-5-4-6-17(12-16)24-3)22(2)13-15-7-8-18-19(11-15)26-10-9-25-18/h4-8,11-12,14H,9-10,13H2,1-3H3,(H,21,23). The highest BCUT2D eigenvalue weighted by atomic mass is 16.6. The van der Waals surface area contributed by atoms with Gasteiger partial charge < -0.3 is 19.5 Å². The molecule has 1 aliphatic rings. The van der Waals surface area contributed by atoms with Gasteiger partial charge in [0.2, 0.25) is 5.91 Å². The maximum atomic E-state index is 12.5. The second-order valence-corrected chi connectivity index (χ2v) is 6.29. The summed E-state index contributed by atoms with van der Waals surface area (Å²) in [7, 11) is 3.53. The van der Waals surface area contributed by atoms with Crippen LogP contribution in [0, 0.1) is 0 Å². The number of nitrogens with zero attached hydrogens (tertiary/aromatic N) is 1. The van der Waals surface area contributed by atoms with Gasteiger partial charge in [-0.1, -0.05) is 12.1 Å². The Morgan fingerprint density at radius 2 is 1.96 bits per heavy atom. The van der Waals surface area contributed by atoms with Crippen LogP contribution in [0.1, 0.15) is 12.5 Å². The second-order valence-electron chi connectivity index (χ2n) is 6.29. The molecule has 0 bridgehead atoms. The molecular weight excluding hydrogens is 332 g/mol. The third-order valence-corrected chi connectivity index (χ3v) is 4.42. The molecule has 0 saturated carbocycles. The molecular formula is C20H24N2O4. The molecule has 0 spiro atoms. The van der Waals surface area contributed by atoms with Crippen molar-refractivity contribution in [3.63, 3.8) is 0 Å². The van der Waals surface area contributed by atoms with Crippen molar-refractivity contribution >= 4 is 11.6 Å². The molecule has 0 radical (unpaired) electrons. The van der Waals surface area contributed by atoms with E-state index in [1.807, 2.05) is 55.3 Å². The van der Waals surface area contributed by atoms with Gasteiger partial charge in [0.05, 0.1) is 13.2 Å². The van der Waals surface area contributed by atoms with Crippen LogP contribution < -0.4 is 19.5 Å². The summed E-state index contributed by atoms with van der Waals surface area (Å²) in [4.78, 5) is 14.5. The van der Waals surface area contributed by atoms with Crippen LogP contribution in [0.3, 0.4) is 0 Å². The molecule has 1 N–H and O–H groups in total. The summed E-state index contributed by atoms with van der Waals surface area (Å²) in [5.74, 6) is 2.17. The lowest BCUT2D eigenvalue weighted by atomic mass is 10.1. The van der Waals surface area contributed by atoms with E-state index < -0.39 is 0 Å². The highest BCUT2D eigenvalue weighted by molar-refractivity contribution is 5.94. The summed E-state index contributed by atoms with van der Waals surface area (Å²) in [5.41, 5.74) is 1.78. The van der Waals surface area contributed by atoms with Gasteiger partial charge >= 0.3 is 0 Å². The van der Waals surface area contributed by atoms with Crippen molar-refractivity contribution in [1.82, 2.24) is 4.90 Å². The molecule has 1 aliphatic heterocycles. The van der Waals surface area contributed by atoms with Crippen LogP contribution >= 0.6 is 0 Å². The quantitative estimate of drug-likeness (QED) is 0.862. The Labute approximate surface area is 153 Å². The Bertz CT molecular complexity index is 778. The Hall–Kier alpha value is -2.73. The summed E-state index contributed by atoms with van der Waals surface area (Å²) in [6, 6.07) is 12.9. The molecule has 1 unspecified atom stereocenters. The van der Waals surface area contributed by atoms with Crippen LogP contribution in [0.15, 0.2) is 42.5 Å². The van der Waals surface area contributed by atoms with Crippen LogP contribution in [-0.2, 0) is 11.3 Å². The molecule has 26 heavy (non-hydrogen) atoms. The molecule has 138 valence electrons. The zero-order valence-corrected chi connectivity index (χ0v) is 15.3. The minimum atomic E-state index is -0.297. The second kappa shape index (κ2) is 8.10. The van der Waals surface area contributed by atoms with E-state index in [-0.39, 0.29) is 11.9 Å². The molecule has 1 heterocycles. The van der Waals surface area contributed by atoms with Gasteiger partial charge in [-0.05, 0) is 43.8 Å². The molecule has 2 aromatic rings. The van der Waals surface area contributed by atoms with Crippen molar-refractivity contribution in [2.75, 3.05) is 32.7 Å². The minimum absolute atomic E-state index is 0.0710. The number of rotatable bonds is 6. The zero-order valence-electron chi connectivity index (χ0n) is 15.3. The zero-order chi connectivity index (χ0) is 18.5. The first-order valence-electron chi connectivity index (χ1n) is 8.60. The number of carbonyl (C=O) groups excluding carboxylic acids is 1. The summed E-state index contributed by atoms with van der Waals surface area (Å²) < 4.78 is 16.3. The van der Waals surface area contributed by atoms with E-state index in [2.05, 4.69) is 5.32 Å². The molecule has 3 rings (SSSR count). The summed E-state index contributed by atoms with van der Waals surface area (Å²) in [6.07, 6.45) is 0. The van der Waals surface area contributed by atoms with E-state index in [0.717, 1.165) is 17.1 Å². The van der Waals surface area contributed by atoms with Gasteiger partial charge in [0.15, 0.2) is 11.5 Å². The molecule has 6 heteroatoms. The predicted octanol–water partition coefficient (Wildman–Crippen LogP) is 2.93. The third kappa shape index (κ3) is 4.26. The van der Waals surface area contributed by atoms with Crippen LogP contribution in [0.5, 0.6) is 17.2 Å². The number of amides is 1. The van der Waals surface area contributed by atoms with Crippen LogP contribution in [-0.4, -0.2) is 44.2 Å². The fraction of sp³-hybridized carbons (Fsp3) is 0.350. The Balaban J connectivity index is 1.61. The fourth-order valence-corrected chi connectivity index (χ4v) is 2.76. The smallest absolute Gasteiger partial charge is 0.241 e. The number of anilines is 1. The largest absolute Gasteiger partial charge is 0.497 e. The van der Waals surface area contributed by atoms with E-state index in [9.17, 15) is 4.79 Å². The van der Waals surface area contributed by atoms with Crippen molar-refractivity contribution in [1.29, 1.82) is 0 Å².